The van der Waals surface area contributed by atoms with Gasteiger partial charge in [-0.1, -0.05) is 16.8 Å². The van der Waals surface area contributed by atoms with E-state index in [9.17, 15) is 9.59 Å². The molecule has 0 aliphatic heterocycles. The Bertz CT molecular complexity index is 990. The zero-order valence-corrected chi connectivity index (χ0v) is 14.6. The third-order valence-corrected chi connectivity index (χ3v) is 4.23. The molecule has 7 heteroatoms. The summed E-state index contributed by atoms with van der Waals surface area (Å²) in [5.41, 5.74) is 2.96. The van der Waals surface area contributed by atoms with E-state index < -0.39 is 5.63 Å². The highest BCUT2D eigenvalue weighted by atomic mass is 35.5. The minimum atomic E-state index is -0.434. The first-order valence-corrected chi connectivity index (χ1v) is 8.22. The Balaban J connectivity index is 1.71. The number of aromatic nitrogens is 1. The summed E-state index contributed by atoms with van der Waals surface area (Å²) in [4.78, 5) is 23.8. The summed E-state index contributed by atoms with van der Waals surface area (Å²) in [6.07, 6.45) is 0.643. The van der Waals surface area contributed by atoms with Crippen LogP contribution in [0.2, 0.25) is 5.15 Å². The summed E-state index contributed by atoms with van der Waals surface area (Å²) in [5.74, 6) is 0.398. The third-order valence-electron chi connectivity index (χ3n) is 4.05. The molecule has 2 heterocycles. The van der Waals surface area contributed by atoms with Gasteiger partial charge in [0.05, 0.1) is 0 Å². The van der Waals surface area contributed by atoms with Crippen LogP contribution < -0.4 is 10.9 Å². The zero-order chi connectivity index (χ0) is 18.0. The number of rotatable bonds is 5. The lowest BCUT2D eigenvalue weighted by Gasteiger charge is -2.09. The van der Waals surface area contributed by atoms with E-state index >= 15 is 0 Å². The maximum atomic E-state index is 12.0. The minimum Gasteiger partial charge on any atom is -0.423 e. The SMILES string of the molecule is Cc1cc2oc(=O)cc(CNC(=O)CCc3cc(Cl)no3)c2cc1C. The Morgan fingerprint density at radius 1 is 1.20 bits per heavy atom. The zero-order valence-electron chi connectivity index (χ0n) is 13.9. The highest BCUT2D eigenvalue weighted by Crippen LogP contribution is 2.21. The van der Waals surface area contributed by atoms with Crippen molar-refractivity contribution in [3.63, 3.8) is 0 Å². The van der Waals surface area contributed by atoms with E-state index in [-0.39, 0.29) is 24.0 Å². The van der Waals surface area contributed by atoms with Crippen molar-refractivity contribution < 1.29 is 13.7 Å². The van der Waals surface area contributed by atoms with Gasteiger partial charge in [0.15, 0.2) is 5.15 Å². The molecular weight excluding hydrogens is 344 g/mol. The van der Waals surface area contributed by atoms with Gasteiger partial charge in [-0.25, -0.2) is 4.79 Å². The number of amides is 1. The van der Waals surface area contributed by atoms with Gasteiger partial charge in [0.25, 0.3) is 0 Å². The van der Waals surface area contributed by atoms with Gasteiger partial charge in [0, 0.05) is 36.9 Å². The number of carbonyl (C=O) groups is 1. The van der Waals surface area contributed by atoms with Crippen molar-refractivity contribution >= 4 is 28.5 Å². The fourth-order valence-electron chi connectivity index (χ4n) is 2.55. The van der Waals surface area contributed by atoms with Gasteiger partial charge in [0.1, 0.15) is 11.3 Å². The molecule has 0 aliphatic rings. The Hall–Kier alpha value is -2.60. The molecule has 1 amide bonds. The van der Waals surface area contributed by atoms with E-state index in [4.69, 9.17) is 20.5 Å². The molecule has 0 fully saturated rings. The number of nitrogens with zero attached hydrogens (tertiary/aromatic N) is 1. The Morgan fingerprint density at radius 3 is 2.68 bits per heavy atom. The number of halogens is 1. The summed E-state index contributed by atoms with van der Waals surface area (Å²) < 4.78 is 10.2. The molecule has 0 aliphatic carbocycles. The third kappa shape index (κ3) is 4.09. The highest BCUT2D eigenvalue weighted by molar-refractivity contribution is 6.29. The van der Waals surface area contributed by atoms with Crippen molar-refractivity contribution in [1.29, 1.82) is 0 Å². The van der Waals surface area contributed by atoms with Crippen molar-refractivity contribution in [3.8, 4) is 0 Å². The van der Waals surface area contributed by atoms with Crippen molar-refractivity contribution in [2.75, 3.05) is 0 Å². The Labute approximate surface area is 148 Å². The maximum absolute atomic E-state index is 12.0. The Morgan fingerprint density at radius 2 is 1.96 bits per heavy atom. The normalized spacial score (nSPS) is 11.0. The number of hydrogen-bond donors (Lipinski definition) is 1. The first kappa shape index (κ1) is 17.2. The van der Waals surface area contributed by atoms with Gasteiger partial charge in [-0.05, 0) is 42.7 Å². The molecule has 0 bridgehead atoms. The van der Waals surface area contributed by atoms with Crippen LogP contribution >= 0.6 is 11.6 Å². The summed E-state index contributed by atoms with van der Waals surface area (Å²) >= 11 is 5.67. The smallest absolute Gasteiger partial charge is 0.336 e. The van der Waals surface area contributed by atoms with Crippen LogP contribution in [0.5, 0.6) is 0 Å². The molecule has 0 saturated heterocycles. The average molecular weight is 361 g/mol. The second kappa shape index (κ2) is 7.11. The van der Waals surface area contributed by atoms with E-state index in [1.165, 1.54) is 6.07 Å². The van der Waals surface area contributed by atoms with Crippen LogP contribution in [-0.4, -0.2) is 11.1 Å². The van der Waals surface area contributed by atoms with E-state index in [0.29, 0.717) is 17.8 Å². The molecule has 1 aromatic carbocycles. The summed E-state index contributed by atoms with van der Waals surface area (Å²) in [6.45, 7) is 4.20. The molecule has 0 saturated carbocycles. The quantitative estimate of drug-likeness (QED) is 0.705. The molecule has 25 heavy (non-hydrogen) atoms. The molecule has 0 radical (unpaired) electrons. The van der Waals surface area contributed by atoms with Gasteiger partial charge in [-0.2, -0.15) is 0 Å². The predicted molar refractivity (Wildman–Crippen MR) is 93.6 cm³/mol. The number of hydrogen-bond acceptors (Lipinski definition) is 5. The van der Waals surface area contributed by atoms with Crippen LogP contribution in [0, 0.1) is 13.8 Å². The molecule has 0 atom stereocenters. The molecule has 1 N–H and O–H groups in total. The maximum Gasteiger partial charge on any atom is 0.336 e. The highest BCUT2D eigenvalue weighted by Gasteiger charge is 2.10. The van der Waals surface area contributed by atoms with Gasteiger partial charge in [-0.3, -0.25) is 4.79 Å². The fourth-order valence-corrected chi connectivity index (χ4v) is 2.71. The van der Waals surface area contributed by atoms with Crippen molar-refractivity contribution in [1.82, 2.24) is 10.5 Å². The molecule has 0 unspecified atom stereocenters. The van der Waals surface area contributed by atoms with Crippen molar-refractivity contribution in [3.05, 3.63) is 62.3 Å². The van der Waals surface area contributed by atoms with Crippen LogP contribution in [0.4, 0.5) is 0 Å². The van der Waals surface area contributed by atoms with Crippen molar-refractivity contribution in [2.45, 2.75) is 33.2 Å². The topological polar surface area (TPSA) is 85.3 Å². The summed E-state index contributed by atoms with van der Waals surface area (Å²) in [6, 6.07) is 6.79. The first-order chi connectivity index (χ1) is 11.9. The fraction of sp³-hybridized carbons (Fsp3) is 0.278. The van der Waals surface area contributed by atoms with Gasteiger partial charge < -0.3 is 14.3 Å². The molecule has 3 rings (SSSR count). The van der Waals surface area contributed by atoms with E-state index in [1.807, 2.05) is 26.0 Å². The second-order valence-electron chi connectivity index (χ2n) is 5.92. The van der Waals surface area contributed by atoms with Crippen LogP contribution in [0.1, 0.15) is 28.9 Å². The number of nitrogens with one attached hydrogen (secondary N) is 1. The van der Waals surface area contributed by atoms with Crippen LogP contribution in [0.3, 0.4) is 0 Å². The van der Waals surface area contributed by atoms with Gasteiger partial charge in [0.2, 0.25) is 5.91 Å². The Kier molecular flexibility index (Phi) is 4.90. The average Bonchev–Trinajstić information content (AvgIpc) is 2.98. The largest absolute Gasteiger partial charge is 0.423 e. The predicted octanol–water partition coefficient (Wildman–Crippen LogP) is 3.30. The lowest BCUT2D eigenvalue weighted by molar-refractivity contribution is -0.121. The molecule has 3 aromatic rings. The molecular formula is C18H17ClN2O4. The van der Waals surface area contributed by atoms with Gasteiger partial charge in [-0.15, -0.1) is 0 Å². The monoisotopic (exact) mass is 360 g/mol. The lowest BCUT2D eigenvalue weighted by Crippen LogP contribution is -2.23. The molecule has 130 valence electrons. The molecule has 0 spiro atoms. The summed E-state index contributed by atoms with van der Waals surface area (Å²) in [5, 5.41) is 7.47. The second-order valence-corrected chi connectivity index (χ2v) is 6.30. The molecule has 6 nitrogen and oxygen atoms in total. The lowest BCUT2D eigenvalue weighted by atomic mass is 10.0. The van der Waals surface area contributed by atoms with E-state index in [1.54, 1.807) is 6.07 Å². The van der Waals surface area contributed by atoms with Crippen LogP contribution in [-0.2, 0) is 17.8 Å². The standard InChI is InChI=1S/C18H17ClN2O4/c1-10-5-14-12(7-18(23)24-15(14)6-11(10)2)9-20-17(22)4-3-13-8-16(19)21-25-13/h5-8H,3-4,9H2,1-2H3,(H,20,22). The van der Waals surface area contributed by atoms with E-state index in [2.05, 4.69) is 10.5 Å². The summed E-state index contributed by atoms with van der Waals surface area (Å²) in [7, 11) is 0. The first-order valence-electron chi connectivity index (χ1n) is 7.84. The minimum absolute atomic E-state index is 0.155. The number of aryl methyl sites for hydroxylation is 3. The number of benzene rings is 1. The van der Waals surface area contributed by atoms with Crippen LogP contribution in [0.25, 0.3) is 11.0 Å². The van der Waals surface area contributed by atoms with Gasteiger partial charge >= 0.3 is 5.63 Å². The number of carbonyl (C=O) groups excluding carboxylic acids is 1. The van der Waals surface area contributed by atoms with E-state index in [0.717, 1.165) is 22.1 Å². The van der Waals surface area contributed by atoms with Crippen molar-refractivity contribution in [2.24, 2.45) is 0 Å². The number of fused-ring (bicyclic) bond motifs is 1. The van der Waals surface area contributed by atoms with Crippen LogP contribution in [0.15, 0.2) is 38.0 Å². The molecule has 2 aromatic heterocycles.